The van der Waals surface area contributed by atoms with E-state index in [2.05, 4.69) is 0 Å². The molecule has 0 saturated heterocycles. The highest BCUT2D eigenvalue weighted by Crippen LogP contribution is 2.32. The second kappa shape index (κ2) is 3.74. The first-order valence-corrected chi connectivity index (χ1v) is 4.53. The molecule has 0 amide bonds. The van der Waals surface area contributed by atoms with Crippen molar-refractivity contribution in [3.8, 4) is 0 Å². The first-order valence-electron chi connectivity index (χ1n) is 4.53. The molecule has 1 aliphatic rings. The molecule has 0 heterocycles. The molecule has 0 aromatic heterocycles. The summed E-state index contributed by atoms with van der Waals surface area (Å²) in [4.78, 5) is 10.9. The minimum absolute atomic E-state index is 0.326. The van der Waals surface area contributed by atoms with E-state index in [-0.39, 0.29) is 0 Å². The van der Waals surface area contributed by atoms with E-state index in [1.807, 2.05) is 13.8 Å². The van der Waals surface area contributed by atoms with Crippen molar-refractivity contribution in [3.63, 3.8) is 0 Å². The van der Waals surface area contributed by atoms with Gasteiger partial charge in [0.15, 0.2) is 0 Å². The Morgan fingerprint density at radius 3 is 2.08 bits per heavy atom. The van der Waals surface area contributed by atoms with Gasteiger partial charge in [0.1, 0.15) is 0 Å². The standard InChI is InChI=1S/C10H16O2/c1-7(2)9(10(11)12)8-5-3-4-6-8/h8H,3-6H2,1-2H3,(H,11,12). The van der Waals surface area contributed by atoms with Crippen LogP contribution < -0.4 is 0 Å². The summed E-state index contributed by atoms with van der Waals surface area (Å²) in [5.41, 5.74) is 1.63. The maximum Gasteiger partial charge on any atom is 0.331 e. The van der Waals surface area contributed by atoms with Gasteiger partial charge in [-0.15, -0.1) is 0 Å². The molecule has 1 fully saturated rings. The molecule has 0 aromatic carbocycles. The average Bonchev–Trinajstić information content (AvgIpc) is 2.37. The molecular formula is C10H16O2. The molecule has 0 atom stereocenters. The van der Waals surface area contributed by atoms with Gasteiger partial charge in [-0.25, -0.2) is 4.79 Å². The Bertz CT molecular complexity index is 206. The number of hydrogen-bond donors (Lipinski definition) is 1. The van der Waals surface area contributed by atoms with E-state index < -0.39 is 5.97 Å². The van der Waals surface area contributed by atoms with Crippen molar-refractivity contribution in [1.82, 2.24) is 0 Å². The quantitative estimate of drug-likeness (QED) is 0.643. The van der Waals surface area contributed by atoms with E-state index in [4.69, 9.17) is 5.11 Å². The molecule has 1 aliphatic carbocycles. The predicted molar refractivity (Wildman–Crippen MR) is 48.0 cm³/mol. The number of carboxylic acid groups (broad SMARTS) is 1. The average molecular weight is 168 g/mol. The zero-order valence-electron chi connectivity index (χ0n) is 7.76. The van der Waals surface area contributed by atoms with Gasteiger partial charge in [0.25, 0.3) is 0 Å². The fraction of sp³-hybridized carbons (Fsp3) is 0.700. The summed E-state index contributed by atoms with van der Waals surface area (Å²) in [5.74, 6) is -0.394. The Hall–Kier alpha value is -0.790. The predicted octanol–water partition coefficient (Wildman–Crippen LogP) is 2.60. The van der Waals surface area contributed by atoms with E-state index >= 15 is 0 Å². The molecule has 1 saturated carbocycles. The molecule has 2 nitrogen and oxygen atoms in total. The molecule has 0 spiro atoms. The Kier molecular flexibility index (Phi) is 2.90. The lowest BCUT2D eigenvalue weighted by atomic mass is 9.94. The second-order valence-corrected chi connectivity index (χ2v) is 3.70. The van der Waals surface area contributed by atoms with Crippen molar-refractivity contribution in [2.45, 2.75) is 39.5 Å². The smallest absolute Gasteiger partial charge is 0.331 e. The summed E-state index contributed by atoms with van der Waals surface area (Å²) in [6.07, 6.45) is 4.50. The van der Waals surface area contributed by atoms with Crippen LogP contribution in [0.3, 0.4) is 0 Å². The third-order valence-corrected chi connectivity index (χ3v) is 2.53. The fourth-order valence-corrected chi connectivity index (χ4v) is 2.01. The third-order valence-electron chi connectivity index (χ3n) is 2.53. The van der Waals surface area contributed by atoms with Gasteiger partial charge >= 0.3 is 5.97 Å². The largest absolute Gasteiger partial charge is 0.478 e. The van der Waals surface area contributed by atoms with E-state index in [1.165, 1.54) is 12.8 Å². The van der Waals surface area contributed by atoms with E-state index in [0.717, 1.165) is 18.4 Å². The zero-order chi connectivity index (χ0) is 9.14. The van der Waals surface area contributed by atoms with Crippen LogP contribution in [-0.2, 0) is 4.79 Å². The van der Waals surface area contributed by atoms with Crippen LogP contribution in [0.1, 0.15) is 39.5 Å². The van der Waals surface area contributed by atoms with Crippen LogP contribution in [0, 0.1) is 5.92 Å². The molecule has 0 unspecified atom stereocenters. The maximum atomic E-state index is 10.9. The fourth-order valence-electron chi connectivity index (χ4n) is 2.01. The van der Waals surface area contributed by atoms with Gasteiger partial charge in [-0.05, 0) is 32.6 Å². The number of allylic oxidation sites excluding steroid dienone is 1. The SMILES string of the molecule is CC(C)=C(C(=O)O)C1CCCC1. The lowest BCUT2D eigenvalue weighted by Crippen LogP contribution is -2.11. The van der Waals surface area contributed by atoms with Gasteiger partial charge in [0.2, 0.25) is 0 Å². The van der Waals surface area contributed by atoms with Crippen LogP contribution in [0.15, 0.2) is 11.1 Å². The van der Waals surface area contributed by atoms with Crippen molar-refractivity contribution in [2.75, 3.05) is 0 Å². The summed E-state index contributed by atoms with van der Waals surface area (Å²) in [6.45, 7) is 3.78. The van der Waals surface area contributed by atoms with Crippen molar-refractivity contribution < 1.29 is 9.90 Å². The van der Waals surface area contributed by atoms with Crippen LogP contribution in [0.2, 0.25) is 0 Å². The van der Waals surface area contributed by atoms with Crippen LogP contribution in [0.4, 0.5) is 0 Å². The summed E-state index contributed by atoms with van der Waals surface area (Å²) in [7, 11) is 0. The molecule has 0 bridgehead atoms. The molecule has 0 radical (unpaired) electrons. The summed E-state index contributed by atoms with van der Waals surface area (Å²) in [6, 6.07) is 0. The molecule has 2 heteroatoms. The van der Waals surface area contributed by atoms with Gasteiger partial charge in [0, 0.05) is 5.57 Å². The van der Waals surface area contributed by atoms with Crippen LogP contribution in [0.25, 0.3) is 0 Å². The van der Waals surface area contributed by atoms with Gasteiger partial charge in [-0.2, -0.15) is 0 Å². The molecule has 12 heavy (non-hydrogen) atoms. The number of hydrogen-bond acceptors (Lipinski definition) is 1. The van der Waals surface area contributed by atoms with Crippen LogP contribution >= 0.6 is 0 Å². The third kappa shape index (κ3) is 1.87. The topological polar surface area (TPSA) is 37.3 Å². The molecule has 0 aliphatic heterocycles. The highest BCUT2D eigenvalue weighted by molar-refractivity contribution is 5.88. The van der Waals surface area contributed by atoms with Gasteiger partial charge in [-0.1, -0.05) is 18.4 Å². The van der Waals surface area contributed by atoms with E-state index in [1.54, 1.807) is 0 Å². The second-order valence-electron chi connectivity index (χ2n) is 3.70. The van der Waals surface area contributed by atoms with E-state index in [0.29, 0.717) is 11.5 Å². The van der Waals surface area contributed by atoms with E-state index in [9.17, 15) is 4.79 Å². The maximum absolute atomic E-state index is 10.9. The molecule has 68 valence electrons. The van der Waals surface area contributed by atoms with Crippen molar-refractivity contribution in [2.24, 2.45) is 5.92 Å². The normalized spacial score (nSPS) is 17.8. The van der Waals surface area contributed by atoms with Crippen molar-refractivity contribution >= 4 is 5.97 Å². The first-order chi connectivity index (χ1) is 5.63. The van der Waals surface area contributed by atoms with Crippen LogP contribution in [0.5, 0.6) is 0 Å². The molecule has 1 rings (SSSR count). The van der Waals surface area contributed by atoms with Gasteiger partial charge in [0.05, 0.1) is 0 Å². The van der Waals surface area contributed by atoms with Crippen LogP contribution in [-0.4, -0.2) is 11.1 Å². The first kappa shape index (κ1) is 9.30. The summed E-state index contributed by atoms with van der Waals surface area (Å²) >= 11 is 0. The highest BCUT2D eigenvalue weighted by Gasteiger charge is 2.24. The Morgan fingerprint density at radius 2 is 1.75 bits per heavy atom. The number of carboxylic acids is 1. The minimum atomic E-state index is -0.720. The molecular weight excluding hydrogens is 152 g/mol. The summed E-state index contributed by atoms with van der Waals surface area (Å²) < 4.78 is 0. The number of rotatable bonds is 2. The van der Waals surface area contributed by atoms with Gasteiger partial charge in [-0.3, -0.25) is 0 Å². The minimum Gasteiger partial charge on any atom is -0.478 e. The zero-order valence-corrected chi connectivity index (χ0v) is 7.76. The lowest BCUT2D eigenvalue weighted by molar-refractivity contribution is -0.133. The Balaban J connectivity index is 2.79. The highest BCUT2D eigenvalue weighted by atomic mass is 16.4. The van der Waals surface area contributed by atoms with Gasteiger partial charge < -0.3 is 5.11 Å². The molecule has 0 aromatic rings. The number of carbonyl (C=O) groups is 1. The van der Waals surface area contributed by atoms with Crippen molar-refractivity contribution in [3.05, 3.63) is 11.1 Å². The molecule has 1 N–H and O–H groups in total. The Morgan fingerprint density at radius 1 is 1.25 bits per heavy atom. The monoisotopic (exact) mass is 168 g/mol. The summed E-state index contributed by atoms with van der Waals surface area (Å²) in [5, 5.41) is 8.95. The number of aliphatic carboxylic acids is 1. The Labute approximate surface area is 73.3 Å². The van der Waals surface area contributed by atoms with Crippen molar-refractivity contribution in [1.29, 1.82) is 0 Å². The lowest BCUT2D eigenvalue weighted by Gasteiger charge is -2.11.